The standard InChI is InChI=1S/C24H39N3O3/c1-19(2)26-12-7-21(8-13-26)27(22-9-15-30-16-10-22)14-11-25-24(28)18-20-5-4-6-23(17-20)29-3/h4-6,17,19,21-22H,7-16,18H2,1-3H3,(H,25,28). The molecule has 6 heteroatoms. The zero-order valence-electron chi connectivity index (χ0n) is 18.9. The predicted octanol–water partition coefficient (Wildman–Crippen LogP) is 2.71. The molecule has 1 aromatic rings. The summed E-state index contributed by atoms with van der Waals surface area (Å²) in [7, 11) is 1.65. The van der Waals surface area contributed by atoms with Crippen LogP contribution in [-0.2, 0) is 16.0 Å². The molecule has 0 aromatic heterocycles. The number of rotatable bonds is 9. The summed E-state index contributed by atoms with van der Waals surface area (Å²) in [5, 5.41) is 3.14. The van der Waals surface area contributed by atoms with Crippen molar-refractivity contribution < 1.29 is 14.3 Å². The topological polar surface area (TPSA) is 54.0 Å². The highest BCUT2D eigenvalue weighted by molar-refractivity contribution is 5.78. The number of nitrogens with one attached hydrogen (secondary N) is 1. The number of methoxy groups -OCH3 is 1. The molecule has 0 bridgehead atoms. The molecule has 1 N–H and O–H groups in total. The van der Waals surface area contributed by atoms with E-state index in [1.807, 2.05) is 24.3 Å². The first-order valence-electron chi connectivity index (χ1n) is 11.5. The molecule has 3 rings (SSSR count). The molecule has 168 valence electrons. The van der Waals surface area contributed by atoms with Crippen LogP contribution in [0.2, 0.25) is 0 Å². The van der Waals surface area contributed by atoms with Crippen molar-refractivity contribution in [3.05, 3.63) is 29.8 Å². The number of carbonyl (C=O) groups is 1. The minimum absolute atomic E-state index is 0.0739. The fraction of sp³-hybridized carbons (Fsp3) is 0.708. The van der Waals surface area contributed by atoms with Gasteiger partial charge in [0.15, 0.2) is 0 Å². The highest BCUT2D eigenvalue weighted by Crippen LogP contribution is 2.24. The molecule has 0 saturated carbocycles. The predicted molar refractivity (Wildman–Crippen MR) is 120 cm³/mol. The second-order valence-corrected chi connectivity index (χ2v) is 8.82. The normalized spacial score (nSPS) is 19.4. The van der Waals surface area contributed by atoms with E-state index in [1.54, 1.807) is 7.11 Å². The van der Waals surface area contributed by atoms with E-state index in [0.717, 1.165) is 43.9 Å². The first kappa shape index (κ1) is 23.0. The van der Waals surface area contributed by atoms with Crippen LogP contribution in [0.1, 0.15) is 45.1 Å². The molecule has 2 fully saturated rings. The lowest BCUT2D eigenvalue weighted by Crippen LogP contribution is -2.53. The summed E-state index contributed by atoms with van der Waals surface area (Å²) in [6, 6.07) is 9.53. The van der Waals surface area contributed by atoms with Gasteiger partial charge in [0, 0.05) is 44.4 Å². The largest absolute Gasteiger partial charge is 0.497 e. The molecule has 6 nitrogen and oxygen atoms in total. The molecule has 0 spiro atoms. The second kappa shape index (κ2) is 11.7. The van der Waals surface area contributed by atoms with Crippen molar-refractivity contribution >= 4 is 5.91 Å². The van der Waals surface area contributed by atoms with E-state index in [4.69, 9.17) is 9.47 Å². The Balaban J connectivity index is 1.51. The van der Waals surface area contributed by atoms with Crippen molar-refractivity contribution in [2.45, 2.75) is 64.1 Å². The molecule has 0 aliphatic carbocycles. The number of hydrogen-bond acceptors (Lipinski definition) is 5. The Hall–Kier alpha value is -1.63. The smallest absolute Gasteiger partial charge is 0.224 e. The van der Waals surface area contributed by atoms with Crippen LogP contribution in [-0.4, -0.2) is 80.3 Å². The lowest BCUT2D eigenvalue weighted by Gasteiger charge is -2.44. The number of ether oxygens (including phenoxy) is 2. The van der Waals surface area contributed by atoms with E-state index in [2.05, 4.69) is 29.0 Å². The van der Waals surface area contributed by atoms with Gasteiger partial charge in [0.05, 0.1) is 13.5 Å². The molecular weight excluding hydrogens is 378 g/mol. The first-order valence-corrected chi connectivity index (χ1v) is 11.5. The monoisotopic (exact) mass is 417 g/mol. The SMILES string of the molecule is COc1cccc(CC(=O)NCCN(C2CCOCC2)C2CCN(C(C)C)CC2)c1. The second-order valence-electron chi connectivity index (χ2n) is 8.82. The molecule has 1 amide bonds. The molecule has 2 aliphatic rings. The van der Waals surface area contributed by atoms with Crippen molar-refractivity contribution in [1.29, 1.82) is 0 Å². The van der Waals surface area contributed by atoms with Crippen LogP contribution in [0.4, 0.5) is 0 Å². The van der Waals surface area contributed by atoms with Crippen molar-refractivity contribution in [3.63, 3.8) is 0 Å². The summed E-state index contributed by atoms with van der Waals surface area (Å²) in [5.41, 5.74) is 0.981. The molecule has 1 aromatic carbocycles. The van der Waals surface area contributed by atoms with Gasteiger partial charge in [0.1, 0.15) is 5.75 Å². The van der Waals surface area contributed by atoms with Crippen molar-refractivity contribution in [2.24, 2.45) is 0 Å². The molecule has 0 radical (unpaired) electrons. The van der Waals surface area contributed by atoms with Crippen LogP contribution < -0.4 is 10.1 Å². The van der Waals surface area contributed by atoms with Gasteiger partial charge in [-0.1, -0.05) is 12.1 Å². The summed E-state index contributed by atoms with van der Waals surface area (Å²) < 4.78 is 10.9. The third-order valence-electron chi connectivity index (χ3n) is 6.55. The lowest BCUT2D eigenvalue weighted by molar-refractivity contribution is -0.120. The number of hydrogen-bond donors (Lipinski definition) is 1. The number of nitrogens with zero attached hydrogens (tertiary/aromatic N) is 2. The maximum Gasteiger partial charge on any atom is 0.224 e. The highest BCUT2D eigenvalue weighted by Gasteiger charge is 2.31. The van der Waals surface area contributed by atoms with Gasteiger partial charge in [0.25, 0.3) is 0 Å². The maximum absolute atomic E-state index is 12.5. The third-order valence-corrected chi connectivity index (χ3v) is 6.55. The van der Waals surface area contributed by atoms with E-state index in [-0.39, 0.29) is 5.91 Å². The number of benzene rings is 1. The zero-order valence-corrected chi connectivity index (χ0v) is 18.9. The Morgan fingerprint density at radius 1 is 1.20 bits per heavy atom. The van der Waals surface area contributed by atoms with Gasteiger partial charge < -0.3 is 19.7 Å². The Morgan fingerprint density at radius 3 is 2.57 bits per heavy atom. The molecule has 30 heavy (non-hydrogen) atoms. The van der Waals surface area contributed by atoms with Gasteiger partial charge in [-0.2, -0.15) is 0 Å². The van der Waals surface area contributed by atoms with Crippen molar-refractivity contribution in [1.82, 2.24) is 15.1 Å². The zero-order chi connectivity index (χ0) is 21.3. The Labute approximate surface area is 181 Å². The van der Waals surface area contributed by atoms with Gasteiger partial charge in [-0.25, -0.2) is 0 Å². The summed E-state index contributed by atoms with van der Waals surface area (Å²) in [5.74, 6) is 0.864. The summed E-state index contributed by atoms with van der Waals surface area (Å²) in [4.78, 5) is 17.7. The first-order chi connectivity index (χ1) is 14.6. The van der Waals surface area contributed by atoms with Gasteiger partial charge in [-0.05, 0) is 70.3 Å². The molecule has 0 atom stereocenters. The quantitative estimate of drug-likeness (QED) is 0.670. The number of carbonyl (C=O) groups excluding carboxylic acids is 1. The fourth-order valence-corrected chi connectivity index (χ4v) is 4.77. The van der Waals surface area contributed by atoms with Gasteiger partial charge in [0.2, 0.25) is 5.91 Å². The fourth-order valence-electron chi connectivity index (χ4n) is 4.77. The van der Waals surface area contributed by atoms with Gasteiger partial charge >= 0.3 is 0 Å². The van der Waals surface area contributed by atoms with Crippen LogP contribution >= 0.6 is 0 Å². The van der Waals surface area contributed by atoms with E-state index in [9.17, 15) is 4.79 Å². The Morgan fingerprint density at radius 2 is 1.90 bits per heavy atom. The van der Waals surface area contributed by atoms with Crippen molar-refractivity contribution in [3.8, 4) is 5.75 Å². The molecule has 2 saturated heterocycles. The average Bonchev–Trinajstić information content (AvgIpc) is 2.77. The van der Waals surface area contributed by atoms with Crippen molar-refractivity contribution in [2.75, 3.05) is 46.5 Å². The minimum Gasteiger partial charge on any atom is -0.497 e. The van der Waals surface area contributed by atoms with E-state index in [0.29, 0.717) is 31.1 Å². The molecular formula is C24H39N3O3. The average molecular weight is 418 g/mol. The van der Waals surface area contributed by atoms with Crippen LogP contribution in [0.3, 0.4) is 0 Å². The Bertz CT molecular complexity index is 653. The van der Waals surface area contributed by atoms with E-state index in [1.165, 1.54) is 25.9 Å². The summed E-state index contributed by atoms with van der Waals surface area (Å²) in [6.45, 7) is 10.2. The lowest BCUT2D eigenvalue weighted by atomic mass is 9.97. The number of amides is 1. The van der Waals surface area contributed by atoms with Gasteiger partial charge in [-0.3, -0.25) is 9.69 Å². The number of likely N-dealkylation sites (tertiary alicyclic amines) is 1. The van der Waals surface area contributed by atoms with E-state index < -0.39 is 0 Å². The highest BCUT2D eigenvalue weighted by atomic mass is 16.5. The van der Waals surface area contributed by atoms with Crippen LogP contribution in [0, 0.1) is 0 Å². The minimum atomic E-state index is 0.0739. The third kappa shape index (κ3) is 6.69. The van der Waals surface area contributed by atoms with Crippen LogP contribution in [0.25, 0.3) is 0 Å². The van der Waals surface area contributed by atoms with Crippen LogP contribution in [0.15, 0.2) is 24.3 Å². The van der Waals surface area contributed by atoms with Crippen LogP contribution in [0.5, 0.6) is 5.75 Å². The Kier molecular flexibility index (Phi) is 8.97. The summed E-state index contributed by atoms with van der Waals surface area (Å²) in [6.07, 6.45) is 5.02. The molecule has 2 heterocycles. The van der Waals surface area contributed by atoms with Gasteiger partial charge in [-0.15, -0.1) is 0 Å². The molecule has 2 aliphatic heterocycles. The maximum atomic E-state index is 12.5. The summed E-state index contributed by atoms with van der Waals surface area (Å²) >= 11 is 0. The molecule has 0 unspecified atom stereocenters. The number of piperidine rings is 1. The van der Waals surface area contributed by atoms with E-state index >= 15 is 0 Å².